The van der Waals surface area contributed by atoms with E-state index in [4.69, 9.17) is 11.6 Å². The molecule has 0 saturated carbocycles. The van der Waals surface area contributed by atoms with E-state index in [0.717, 1.165) is 12.1 Å². The maximum atomic E-state index is 13.0. The Morgan fingerprint density at radius 3 is 2.62 bits per heavy atom. The third-order valence-electron chi connectivity index (χ3n) is 2.95. The number of rotatable bonds is 5. The molecule has 0 saturated heterocycles. The van der Waals surface area contributed by atoms with Crippen LogP contribution in [0.25, 0.3) is 0 Å². The van der Waals surface area contributed by atoms with Gasteiger partial charge >= 0.3 is 0 Å². The summed E-state index contributed by atoms with van der Waals surface area (Å²) < 4.78 is 41.4. The predicted molar refractivity (Wildman–Crippen MR) is 78.2 cm³/mol. The summed E-state index contributed by atoms with van der Waals surface area (Å²) in [5.74, 6) is -0.553. The molecule has 0 radical (unpaired) electrons. The van der Waals surface area contributed by atoms with E-state index in [1.165, 1.54) is 18.3 Å². The summed E-state index contributed by atoms with van der Waals surface area (Å²) in [6, 6.07) is 4.76. The SMILES string of the molecule is CCn1cc(S(=O)(=O)Nc2ccc(F)cc2Cl)cc1CO. The van der Waals surface area contributed by atoms with Crippen LogP contribution in [-0.4, -0.2) is 18.1 Å². The highest BCUT2D eigenvalue weighted by atomic mass is 35.5. The van der Waals surface area contributed by atoms with Crippen LogP contribution in [0.4, 0.5) is 10.1 Å². The molecule has 0 aliphatic heterocycles. The number of hydrogen-bond donors (Lipinski definition) is 2. The minimum Gasteiger partial charge on any atom is -0.390 e. The number of sulfonamides is 1. The Labute approximate surface area is 127 Å². The molecule has 0 spiro atoms. The fourth-order valence-electron chi connectivity index (χ4n) is 1.87. The zero-order valence-electron chi connectivity index (χ0n) is 11.2. The third-order valence-corrected chi connectivity index (χ3v) is 4.59. The molecule has 1 heterocycles. The molecule has 21 heavy (non-hydrogen) atoms. The largest absolute Gasteiger partial charge is 0.390 e. The molecule has 0 bridgehead atoms. The summed E-state index contributed by atoms with van der Waals surface area (Å²) in [5, 5.41) is 9.16. The summed E-state index contributed by atoms with van der Waals surface area (Å²) >= 11 is 5.80. The van der Waals surface area contributed by atoms with Crippen LogP contribution in [0, 0.1) is 5.82 Å². The van der Waals surface area contributed by atoms with Gasteiger partial charge in [-0.1, -0.05) is 11.6 Å². The first-order valence-corrected chi connectivity index (χ1v) is 8.01. The van der Waals surface area contributed by atoms with Gasteiger partial charge in [0.2, 0.25) is 0 Å². The molecule has 2 N–H and O–H groups in total. The van der Waals surface area contributed by atoms with Crippen molar-refractivity contribution in [2.24, 2.45) is 0 Å². The summed E-state index contributed by atoms with van der Waals surface area (Å²) in [6.07, 6.45) is 1.42. The van der Waals surface area contributed by atoms with Gasteiger partial charge in [0.15, 0.2) is 0 Å². The highest BCUT2D eigenvalue weighted by Gasteiger charge is 2.19. The molecule has 5 nitrogen and oxygen atoms in total. The maximum Gasteiger partial charge on any atom is 0.263 e. The Hall–Kier alpha value is -1.57. The topological polar surface area (TPSA) is 71.3 Å². The molecular weight excluding hydrogens is 319 g/mol. The van der Waals surface area contributed by atoms with E-state index in [1.54, 1.807) is 4.57 Å². The van der Waals surface area contributed by atoms with E-state index >= 15 is 0 Å². The number of aliphatic hydroxyl groups excluding tert-OH is 1. The minimum absolute atomic E-state index is 0.00814. The van der Waals surface area contributed by atoms with Gasteiger partial charge in [-0.05, 0) is 31.2 Å². The Balaban J connectivity index is 2.36. The first-order chi connectivity index (χ1) is 9.87. The molecule has 0 amide bonds. The molecule has 0 fully saturated rings. The van der Waals surface area contributed by atoms with E-state index < -0.39 is 15.8 Å². The van der Waals surface area contributed by atoms with Crippen LogP contribution in [0.15, 0.2) is 35.4 Å². The number of nitrogens with zero attached hydrogens (tertiary/aromatic N) is 1. The lowest BCUT2D eigenvalue weighted by Crippen LogP contribution is -2.12. The first-order valence-electron chi connectivity index (χ1n) is 6.15. The number of anilines is 1. The summed E-state index contributed by atoms with van der Waals surface area (Å²) in [7, 11) is -3.86. The van der Waals surface area contributed by atoms with Crippen molar-refractivity contribution in [1.29, 1.82) is 0 Å². The minimum atomic E-state index is -3.86. The summed E-state index contributed by atoms with van der Waals surface area (Å²) in [4.78, 5) is 0.00814. The average molecular weight is 333 g/mol. The van der Waals surface area contributed by atoms with E-state index in [1.807, 2.05) is 6.92 Å². The molecule has 2 rings (SSSR count). The van der Waals surface area contributed by atoms with Crippen molar-refractivity contribution >= 4 is 27.3 Å². The Morgan fingerprint density at radius 2 is 2.10 bits per heavy atom. The predicted octanol–water partition coefficient (Wildman–Crippen LogP) is 2.59. The highest BCUT2D eigenvalue weighted by Crippen LogP contribution is 2.26. The van der Waals surface area contributed by atoms with E-state index in [2.05, 4.69) is 4.72 Å². The molecule has 0 unspecified atom stereocenters. The lowest BCUT2D eigenvalue weighted by atomic mass is 10.3. The number of aliphatic hydroxyl groups is 1. The molecule has 1 aromatic carbocycles. The van der Waals surface area contributed by atoms with Gasteiger partial charge in [-0.2, -0.15) is 0 Å². The summed E-state index contributed by atoms with van der Waals surface area (Å²) in [5.41, 5.74) is 0.580. The van der Waals surface area contributed by atoms with Crippen LogP contribution in [0.5, 0.6) is 0 Å². The van der Waals surface area contributed by atoms with Crippen molar-refractivity contribution < 1.29 is 17.9 Å². The molecule has 1 aromatic heterocycles. The molecule has 8 heteroatoms. The Kier molecular flexibility index (Phi) is 4.55. The van der Waals surface area contributed by atoms with Crippen LogP contribution in [-0.2, 0) is 23.2 Å². The number of aromatic nitrogens is 1. The van der Waals surface area contributed by atoms with E-state index in [-0.39, 0.29) is 22.2 Å². The van der Waals surface area contributed by atoms with Gasteiger partial charge in [-0.25, -0.2) is 12.8 Å². The zero-order valence-corrected chi connectivity index (χ0v) is 12.7. The molecular formula is C13H14ClFN2O3S. The summed E-state index contributed by atoms with van der Waals surface area (Å²) in [6.45, 7) is 2.10. The van der Waals surface area contributed by atoms with Crippen LogP contribution in [0.1, 0.15) is 12.6 Å². The second-order valence-corrected chi connectivity index (χ2v) is 6.43. The normalized spacial score (nSPS) is 11.6. The maximum absolute atomic E-state index is 13.0. The molecule has 0 atom stereocenters. The van der Waals surface area contributed by atoms with Crippen molar-refractivity contribution in [1.82, 2.24) is 4.57 Å². The Bertz CT molecular complexity index is 737. The standard InChI is InChI=1S/C13H14ClFN2O3S/c1-2-17-7-11(6-10(17)8-18)21(19,20)16-13-4-3-9(15)5-12(13)14/h3-7,16,18H,2,8H2,1H3. The van der Waals surface area contributed by atoms with Crippen molar-refractivity contribution in [3.8, 4) is 0 Å². The van der Waals surface area contributed by atoms with Crippen molar-refractivity contribution in [2.45, 2.75) is 25.0 Å². The number of benzene rings is 1. The van der Waals surface area contributed by atoms with Gasteiger partial charge in [0, 0.05) is 18.4 Å². The van der Waals surface area contributed by atoms with Gasteiger partial charge < -0.3 is 9.67 Å². The molecule has 0 aliphatic rings. The second kappa shape index (κ2) is 6.05. The van der Waals surface area contributed by atoms with Crippen LogP contribution < -0.4 is 4.72 Å². The number of nitrogens with one attached hydrogen (secondary N) is 1. The molecule has 0 aliphatic carbocycles. The van der Waals surface area contributed by atoms with Crippen LogP contribution >= 0.6 is 11.6 Å². The van der Waals surface area contributed by atoms with Crippen molar-refractivity contribution in [3.05, 3.63) is 47.0 Å². The lowest BCUT2D eigenvalue weighted by molar-refractivity contribution is 0.271. The Morgan fingerprint density at radius 1 is 1.38 bits per heavy atom. The lowest BCUT2D eigenvalue weighted by Gasteiger charge is -2.08. The van der Waals surface area contributed by atoms with Gasteiger partial charge in [-0.3, -0.25) is 4.72 Å². The van der Waals surface area contributed by atoms with Gasteiger partial charge in [0.05, 0.1) is 17.3 Å². The quantitative estimate of drug-likeness (QED) is 0.884. The van der Waals surface area contributed by atoms with Crippen molar-refractivity contribution in [3.63, 3.8) is 0 Å². The third kappa shape index (κ3) is 3.37. The van der Waals surface area contributed by atoms with Crippen molar-refractivity contribution in [2.75, 3.05) is 4.72 Å². The highest BCUT2D eigenvalue weighted by molar-refractivity contribution is 7.92. The zero-order chi connectivity index (χ0) is 15.6. The van der Waals surface area contributed by atoms with E-state index in [0.29, 0.717) is 12.2 Å². The van der Waals surface area contributed by atoms with E-state index in [9.17, 15) is 17.9 Å². The van der Waals surface area contributed by atoms with Crippen LogP contribution in [0.2, 0.25) is 5.02 Å². The van der Waals surface area contributed by atoms with Gasteiger partial charge in [-0.15, -0.1) is 0 Å². The first kappa shape index (κ1) is 15.8. The van der Waals surface area contributed by atoms with Crippen LogP contribution in [0.3, 0.4) is 0 Å². The fraction of sp³-hybridized carbons (Fsp3) is 0.231. The van der Waals surface area contributed by atoms with Gasteiger partial charge in [0.25, 0.3) is 10.0 Å². The molecule has 114 valence electrons. The number of hydrogen-bond acceptors (Lipinski definition) is 3. The number of halogens is 2. The second-order valence-electron chi connectivity index (χ2n) is 4.34. The fourth-order valence-corrected chi connectivity index (χ4v) is 3.29. The monoisotopic (exact) mass is 332 g/mol. The molecule has 2 aromatic rings. The average Bonchev–Trinajstić information content (AvgIpc) is 2.86. The number of aryl methyl sites for hydroxylation is 1. The smallest absolute Gasteiger partial charge is 0.263 e. The van der Waals surface area contributed by atoms with Gasteiger partial charge in [0.1, 0.15) is 10.7 Å².